The van der Waals surface area contributed by atoms with E-state index in [2.05, 4.69) is 10.6 Å². The van der Waals surface area contributed by atoms with Crippen molar-refractivity contribution in [3.8, 4) is 5.75 Å². The van der Waals surface area contributed by atoms with Crippen LogP contribution in [0.4, 0.5) is 19.3 Å². The number of unbranched alkanes of at least 4 members (excludes halogenated alkanes) is 2. The summed E-state index contributed by atoms with van der Waals surface area (Å²) in [5.74, 6) is -2.17. The van der Waals surface area contributed by atoms with Gasteiger partial charge in [0.25, 0.3) is 5.91 Å². The summed E-state index contributed by atoms with van der Waals surface area (Å²) in [6.45, 7) is 7.51. The summed E-state index contributed by atoms with van der Waals surface area (Å²) in [6, 6.07) is 16.8. The third kappa shape index (κ3) is 12.5. The number of ether oxygens (including phenoxy) is 3. The molecule has 3 aromatic carbocycles. The summed E-state index contributed by atoms with van der Waals surface area (Å²) < 4.78 is 43.5. The molecule has 13 heteroatoms. The predicted octanol–water partition coefficient (Wildman–Crippen LogP) is 7.08. The standard InChI is InChI=1S/C41H51F2N3O8/c1-5-6-25-52-39(50)34(9-7-8-24-44-40(51)54-41(2,3)4)45-36(48)26-53-32-20-12-28(13-21-32)37-33(22-23-35(47)27-10-14-29(42)15-11-27)38(49)46(37)31-18-16-30(43)17-19-31/h10-21,33-35,37,47H,5-9,22-26H2,1-4H3,(H,44,51)(H,45,48)/t33?,34-,35?,37?/m0/s1. The highest BCUT2D eigenvalue weighted by atomic mass is 19.1. The molecule has 54 heavy (non-hydrogen) atoms. The number of carbonyl (C=O) groups excluding carboxylic acids is 4. The van der Waals surface area contributed by atoms with Crippen molar-refractivity contribution in [2.24, 2.45) is 5.92 Å². The van der Waals surface area contributed by atoms with Gasteiger partial charge in [0.05, 0.1) is 24.7 Å². The highest BCUT2D eigenvalue weighted by molar-refractivity contribution is 6.03. The lowest BCUT2D eigenvalue weighted by atomic mass is 9.78. The number of β-lactam (4-membered cyclic amide) rings is 1. The smallest absolute Gasteiger partial charge is 0.407 e. The number of nitrogens with one attached hydrogen (secondary N) is 2. The largest absolute Gasteiger partial charge is 0.484 e. The van der Waals surface area contributed by atoms with E-state index in [4.69, 9.17) is 14.2 Å². The Morgan fingerprint density at radius 2 is 1.54 bits per heavy atom. The van der Waals surface area contributed by atoms with E-state index in [1.54, 1.807) is 49.9 Å². The fraction of sp³-hybridized carbons (Fsp3) is 0.463. The van der Waals surface area contributed by atoms with Crippen molar-refractivity contribution in [1.29, 1.82) is 0 Å². The topological polar surface area (TPSA) is 144 Å². The molecule has 0 aromatic heterocycles. The van der Waals surface area contributed by atoms with E-state index >= 15 is 0 Å². The number of aliphatic hydroxyl groups excluding tert-OH is 1. The Hall–Kier alpha value is -5.04. The summed E-state index contributed by atoms with van der Waals surface area (Å²) >= 11 is 0. The van der Waals surface area contributed by atoms with E-state index in [0.717, 1.165) is 12.0 Å². The van der Waals surface area contributed by atoms with Gasteiger partial charge in [0.2, 0.25) is 5.91 Å². The van der Waals surface area contributed by atoms with Gasteiger partial charge in [-0.1, -0.05) is 37.6 Å². The Morgan fingerprint density at radius 3 is 2.17 bits per heavy atom. The zero-order chi connectivity index (χ0) is 39.3. The molecule has 3 unspecified atom stereocenters. The van der Waals surface area contributed by atoms with Crippen LogP contribution in [0.15, 0.2) is 72.8 Å². The summed E-state index contributed by atoms with van der Waals surface area (Å²) in [5, 5.41) is 16.1. The van der Waals surface area contributed by atoms with Crippen molar-refractivity contribution in [1.82, 2.24) is 10.6 Å². The monoisotopic (exact) mass is 751 g/mol. The van der Waals surface area contributed by atoms with Crippen molar-refractivity contribution in [2.75, 3.05) is 24.7 Å². The average molecular weight is 752 g/mol. The minimum Gasteiger partial charge on any atom is -0.484 e. The van der Waals surface area contributed by atoms with Gasteiger partial charge in [-0.3, -0.25) is 9.59 Å². The summed E-state index contributed by atoms with van der Waals surface area (Å²) in [5.41, 5.74) is 1.24. The van der Waals surface area contributed by atoms with Crippen molar-refractivity contribution < 1.29 is 47.3 Å². The molecule has 0 spiro atoms. The van der Waals surface area contributed by atoms with E-state index in [9.17, 15) is 33.1 Å². The molecule has 3 aromatic rings. The van der Waals surface area contributed by atoms with Gasteiger partial charge in [-0.05, 0) is 119 Å². The highest BCUT2D eigenvalue weighted by Crippen LogP contribution is 2.46. The van der Waals surface area contributed by atoms with Crippen LogP contribution in [-0.2, 0) is 23.9 Å². The number of esters is 1. The molecule has 11 nitrogen and oxygen atoms in total. The molecule has 1 heterocycles. The van der Waals surface area contributed by atoms with Crippen LogP contribution in [0.3, 0.4) is 0 Å². The first-order valence-corrected chi connectivity index (χ1v) is 18.4. The Morgan fingerprint density at radius 1 is 0.889 bits per heavy atom. The number of nitrogens with zero attached hydrogens (tertiary/aromatic N) is 1. The number of carbonyl (C=O) groups is 4. The Kier molecular flexibility index (Phi) is 15.3. The molecule has 292 valence electrons. The average Bonchev–Trinajstić information content (AvgIpc) is 3.13. The number of benzene rings is 3. The number of anilines is 1. The molecule has 1 aliphatic rings. The second-order valence-corrected chi connectivity index (χ2v) is 14.3. The SMILES string of the molecule is CCCCOC(=O)[C@H](CCCCNC(=O)OC(C)(C)C)NC(=O)COc1ccc(C2C(CCC(O)c3ccc(F)cc3)C(=O)N2c2ccc(F)cc2)cc1. The maximum atomic E-state index is 13.7. The number of halogens is 2. The molecule has 0 saturated carbocycles. The van der Waals surface area contributed by atoms with Crippen LogP contribution in [0.25, 0.3) is 0 Å². The molecule has 0 radical (unpaired) electrons. The van der Waals surface area contributed by atoms with Gasteiger partial charge in [0, 0.05) is 12.2 Å². The normalized spacial score (nSPS) is 16.5. The molecule has 0 bridgehead atoms. The third-order valence-corrected chi connectivity index (χ3v) is 8.87. The zero-order valence-electron chi connectivity index (χ0n) is 31.3. The van der Waals surface area contributed by atoms with Crippen LogP contribution in [0.2, 0.25) is 0 Å². The first-order chi connectivity index (χ1) is 25.8. The molecule has 1 saturated heterocycles. The second kappa shape index (κ2) is 19.9. The molecule has 3 N–H and O–H groups in total. The molecular formula is C41H51F2N3O8. The quantitative estimate of drug-likeness (QED) is 0.0670. The number of alkyl carbamates (subject to hydrolysis) is 1. The van der Waals surface area contributed by atoms with Crippen LogP contribution in [0, 0.1) is 17.6 Å². The maximum absolute atomic E-state index is 13.7. The minimum atomic E-state index is -0.894. The number of hydrogen-bond donors (Lipinski definition) is 3. The van der Waals surface area contributed by atoms with E-state index < -0.39 is 59.3 Å². The molecule has 0 aliphatic carbocycles. The van der Waals surface area contributed by atoms with E-state index in [0.29, 0.717) is 55.6 Å². The van der Waals surface area contributed by atoms with Crippen molar-refractivity contribution >= 4 is 29.6 Å². The Labute approximate surface area is 315 Å². The predicted molar refractivity (Wildman–Crippen MR) is 199 cm³/mol. The van der Waals surface area contributed by atoms with Crippen LogP contribution in [0.5, 0.6) is 5.75 Å². The van der Waals surface area contributed by atoms with Gasteiger partial charge in [-0.2, -0.15) is 0 Å². The fourth-order valence-electron chi connectivity index (χ4n) is 6.08. The number of aliphatic hydroxyl groups is 1. The van der Waals surface area contributed by atoms with E-state index in [1.165, 1.54) is 48.5 Å². The molecular weight excluding hydrogens is 700 g/mol. The minimum absolute atomic E-state index is 0.169. The second-order valence-electron chi connectivity index (χ2n) is 14.3. The van der Waals surface area contributed by atoms with Crippen molar-refractivity contribution in [3.63, 3.8) is 0 Å². The summed E-state index contributed by atoms with van der Waals surface area (Å²) in [6.07, 6.45) is 2.11. The summed E-state index contributed by atoms with van der Waals surface area (Å²) in [4.78, 5) is 52.7. The molecule has 4 rings (SSSR count). The van der Waals surface area contributed by atoms with Crippen LogP contribution in [-0.4, -0.2) is 60.4 Å². The van der Waals surface area contributed by atoms with Gasteiger partial charge < -0.3 is 34.9 Å². The van der Waals surface area contributed by atoms with E-state index in [-0.39, 0.29) is 25.5 Å². The summed E-state index contributed by atoms with van der Waals surface area (Å²) in [7, 11) is 0. The molecule has 4 atom stereocenters. The molecule has 3 amide bonds. The fourth-order valence-corrected chi connectivity index (χ4v) is 6.08. The van der Waals surface area contributed by atoms with Crippen molar-refractivity contribution in [2.45, 2.75) is 96.4 Å². The first-order valence-electron chi connectivity index (χ1n) is 18.4. The molecule has 1 aliphatic heterocycles. The van der Waals surface area contributed by atoms with Gasteiger partial charge in [-0.15, -0.1) is 0 Å². The van der Waals surface area contributed by atoms with Gasteiger partial charge in [0.1, 0.15) is 29.0 Å². The number of rotatable bonds is 19. The Balaban J connectivity index is 1.35. The maximum Gasteiger partial charge on any atom is 0.407 e. The van der Waals surface area contributed by atoms with Gasteiger partial charge >= 0.3 is 12.1 Å². The zero-order valence-corrected chi connectivity index (χ0v) is 31.3. The molecule has 1 fully saturated rings. The lowest BCUT2D eigenvalue weighted by Gasteiger charge is -2.48. The highest BCUT2D eigenvalue weighted by Gasteiger charge is 2.48. The van der Waals surface area contributed by atoms with Gasteiger partial charge in [0.15, 0.2) is 6.61 Å². The number of hydrogen-bond acceptors (Lipinski definition) is 8. The Bertz CT molecular complexity index is 1680. The first kappa shape index (κ1) is 41.7. The van der Waals surface area contributed by atoms with E-state index in [1.807, 2.05) is 6.92 Å². The van der Waals surface area contributed by atoms with Crippen molar-refractivity contribution in [3.05, 3.63) is 95.6 Å². The lowest BCUT2D eigenvalue weighted by molar-refractivity contribution is -0.148. The van der Waals surface area contributed by atoms with Crippen LogP contribution < -0.4 is 20.3 Å². The van der Waals surface area contributed by atoms with Crippen LogP contribution in [0.1, 0.15) is 95.9 Å². The third-order valence-electron chi connectivity index (χ3n) is 8.87. The van der Waals surface area contributed by atoms with Crippen LogP contribution >= 0.6 is 0 Å². The lowest BCUT2D eigenvalue weighted by Crippen LogP contribution is -2.55. The number of amides is 3. The van der Waals surface area contributed by atoms with Gasteiger partial charge in [-0.25, -0.2) is 18.4 Å².